The van der Waals surface area contributed by atoms with Gasteiger partial charge in [-0.15, -0.1) is 20.2 Å². The Bertz CT molecular complexity index is 870. The van der Waals surface area contributed by atoms with Crippen LogP contribution in [0, 0.1) is 47.9 Å². The summed E-state index contributed by atoms with van der Waals surface area (Å²) >= 11 is 0. The van der Waals surface area contributed by atoms with Crippen LogP contribution >= 0.6 is 0 Å². The lowest BCUT2D eigenvalue weighted by Crippen LogP contribution is -2.14. The molecule has 0 unspecified atom stereocenters. The smallest absolute Gasteiger partial charge is 0.299 e. The number of hydrogen-bond acceptors (Lipinski definition) is 10. The second kappa shape index (κ2) is 13.2. The summed E-state index contributed by atoms with van der Waals surface area (Å²) in [6.45, 7) is 8.90. The lowest BCUT2D eigenvalue weighted by molar-refractivity contribution is -0.711. The van der Waals surface area contributed by atoms with Gasteiger partial charge < -0.3 is 18.9 Å². The van der Waals surface area contributed by atoms with Crippen LogP contribution in [-0.2, 0) is 9.47 Å². The minimum atomic E-state index is -0.839. The van der Waals surface area contributed by atoms with Gasteiger partial charge in [0, 0.05) is 0 Å². The first-order valence-corrected chi connectivity index (χ1v) is 10.5. The fraction of sp³-hybridized carbons (Fsp3) is 0.455. The molecule has 12 heteroatoms. The summed E-state index contributed by atoms with van der Waals surface area (Å²) < 4.78 is 22.1. The van der Waals surface area contributed by atoms with E-state index in [0.717, 1.165) is 0 Å². The molecule has 34 heavy (non-hydrogen) atoms. The van der Waals surface area contributed by atoms with E-state index >= 15 is 0 Å². The maximum atomic E-state index is 10.5. The van der Waals surface area contributed by atoms with Crippen LogP contribution in [0.1, 0.15) is 22.3 Å². The van der Waals surface area contributed by atoms with E-state index in [1.807, 2.05) is 0 Å². The Morgan fingerprint density at radius 3 is 1.18 bits per heavy atom. The SMILES string of the molecule is Cc1cc(OCCOCCOCCOc2cc(C)c(O[N+](=O)[O-])c(C)c2)cc(C)c1O[N+](=O)[O-]. The van der Waals surface area contributed by atoms with Crippen LogP contribution in [0.3, 0.4) is 0 Å². The highest BCUT2D eigenvalue weighted by molar-refractivity contribution is 5.46. The van der Waals surface area contributed by atoms with E-state index in [9.17, 15) is 20.2 Å². The molecule has 0 aliphatic heterocycles. The van der Waals surface area contributed by atoms with Gasteiger partial charge in [0.2, 0.25) is 0 Å². The lowest BCUT2D eigenvalue weighted by atomic mass is 10.1. The van der Waals surface area contributed by atoms with E-state index in [1.165, 1.54) is 0 Å². The first-order valence-electron chi connectivity index (χ1n) is 10.5. The average molecular weight is 480 g/mol. The second-order valence-electron chi connectivity index (χ2n) is 7.32. The molecule has 186 valence electrons. The molecule has 0 saturated carbocycles. The quantitative estimate of drug-likeness (QED) is 0.211. The van der Waals surface area contributed by atoms with Gasteiger partial charge in [-0.25, -0.2) is 0 Å². The van der Waals surface area contributed by atoms with Crippen LogP contribution in [0.25, 0.3) is 0 Å². The number of hydrogen-bond donors (Lipinski definition) is 0. The zero-order valence-electron chi connectivity index (χ0n) is 19.5. The number of ether oxygens (including phenoxy) is 4. The summed E-state index contributed by atoms with van der Waals surface area (Å²) in [5, 5.41) is 19.4. The van der Waals surface area contributed by atoms with E-state index in [-0.39, 0.29) is 11.5 Å². The minimum Gasteiger partial charge on any atom is -0.491 e. The molecule has 0 saturated heterocycles. The molecule has 0 fully saturated rings. The Balaban J connectivity index is 1.58. The van der Waals surface area contributed by atoms with Crippen molar-refractivity contribution < 1.29 is 38.8 Å². The van der Waals surface area contributed by atoms with Crippen molar-refractivity contribution in [1.29, 1.82) is 0 Å². The number of nitrogens with zero attached hydrogens (tertiary/aromatic N) is 2. The highest BCUT2D eigenvalue weighted by Gasteiger charge is 2.11. The predicted molar refractivity (Wildman–Crippen MR) is 120 cm³/mol. The summed E-state index contributed by atoms with van der Waals surface area (Å²) in [6, 6.07) is 6.67. The molecular formula is C22H28N2O10. The van der Waals surface area contributed by atoms with Crippen LogP contribution in [0.15, 0.2) is 24.3 Å². The number of aryl methyl sites for hydroxylation is 4. The van der Waals surface area contributed by atoms with Gasteiger partial charge in [0.25, 0.3) is 10.2 Å². The van der Waals surface area contributed by atoms with Crippen LogP contribution in [-0.4, -0.2) is 49.8 Å². The molecule has 0 spiro atoms. The molecule has 0 atom stereocenters. The maximum Gasteiger partial charge on any atom is 0.299 e. The number of benzene rings is 2. The molecule has 0 bridgehead atoms. The van der Waals surface area contributed by atoms with Gasteiger partial charge in [-0.05, 0) is 74.2 Å². The van der Waals surface area contributed by atoms with Crippen LogP contribution in [0.2, 0.25) is 0 Å². The van der Waals surface area contributed by atoms with Gasteiger partial charge in [0.05, 0.1) is 26.4 Å². The van der Waals surface area contributed by atoms with Crippen molar-refractivity contribution in [2.75, 3.05) is 39.6 Å². The van der Waals surface area contributed by atoms with Gasteiger partial charge in [0.15, 0.2) is 0 Å². The summed E-state index contributed by atoms with van der Waals surface area (Å²) in [6.07, 6.45) is 0. The topological polar surface area (TPSA) is 142 Å². The van der Waals surface area contributed by atoms with E-state index in [1.54, 1.807) is 52.0 Å². The van der Waals surface area contributed by atoms with Crippen LogP contribution < -0.4 is 19.1 Å². The third kappa shape index (κ3) is 8.71. The Morgan fingerprint density at radius 1 is 0.588 bits per heavy atom. The fourth-order valence-corrected chi connectivity index (χ4v) is 3.18. The van der Waals surface area contributed by atoms with Gasteiger partial charge in [-0.3, -0.25) is 9.68 Å². The van der Waals surface area contributed by atoms with E-state index in [4.69, 9.17) is 18.9 Å². The fourth-order valence-electron chi connectivity index (χ4n) is 3.18. The third-order valence-corrected chi connectivity index (χ3v) is 4.56. The van der Waals surface area contributed by atoms with Gasteiger partial charge in [-0.1, -0.05) is 0 Å². The predicted octanol–water partition coefficient (Wildman–Crippen LogP) is 3.55. The first kappa shape index (κ1) is 26.6. The molecule has 0 amide bonds. The summed E-state index contributed by atoms with van der Waals surface area (Å²) in [7, 11) is 0. The van der Waals surface area contributed by atoms with Crippen molar-refractivity contribution in [3.8, 4) is 23.0 Å². The van der Waals surface area contributed by atoms with Crippen molar-refractivity contribution in [2.24, 2.45) is 0 Å². The van der Waals surface area contributed by atoms with Gasteiger partial charge in [0.1, 0.15) is 36.2 Å². The number of rotatable bonds is 15. The molecule has 2 aromatic carbocycles. The molecule has 12 nitrogen and oxygen atoms in total. The first-order chi connectivity index (χ1) is 16.2. The summed E-state index contributed by atoms with van der Waals surface area (Å²) in [5.74, 6) is 1.57. The van der Waals surface area contributed by atoms with Crippen LogP contribution in [0.4, 0.5) is 0 Å². The Hall–Kier alpha value is -3.64. The standard InChI is InChI=1S/C22H28N2O10/c1-15-11-19(12-16(2)21(15)33-23(25)26)31-9-7-29-5-6-30-8-10-32-20-13-17(3)22(18(4)14-20)34-24(27)28/h11-14H,5-10H2,1-4H3. The molecule has 0 N–H and O–H groups in total. The Labute approximate surface area is 196 Å². The highest BCUT2D eigenvalue weighted by atomic mass is 17.0. The highest BCUT2D eigenvalue weighted by Crippen LogP contribution is 2.29. The third-order valence-electron chi connectivity index (χ3n) is 4.56. The van der Waals surface area contributed by atoms with Crippen molar-refractivity contribution in [1.82, 2.24) is 0 Å². The summed E-state index contributed by atoms with van der Waals surface area (Å²) in [4.78, 5) is 30.2. The molecule has 0 aromatic heterocycles. The van der Waals surface area contributed by atoms with Crippen LogP contribution in [0.5, 0.6) is 23.0 Å². The van der Waals surface area contributed by atoms with Crippen molar-refractivity contribution in [2.45, 2.75) is 27.7 Å². The monoisotopic (exact) mass is 480 g/mol. The van der Waals surface area contributed by atoms with E-state index < -0.39 is 10.2 Å². The summed E-state index contributed by atoms with van der Waals surface area (Å²) in [5.41, 5.74) is 2.42. The molecule has 0 aliphatic rings. The average Bonchev–Trinajstić information content (AvgIpc) is 2.74. The zero-order chi connectivity index (χ0) is 25.1. The maximum absolute atomic E-state index is 10.5. The molecule has 2 rings (SSSR count). The van der Waals surface area contributed by atoms with E-state index in [0.29, 0.717) is 73.4 Å². The van der Waals surface area contributed by atoms with Gasteiger partial charge >= 0.3 is 0 Å². The van der Waals surface area contributed by atoms with Crippen molar-refractivity contribution >= 4 is 0 Å². The van der Waals surface area contributed by atoms with Crippen molar-refractivity contribution in [3.05, 3.63) is 66.7 Å². The largest absolute Gasteiger partial charge is 0.491 e. The lowest BCUT2D eigenvalue weighted by Gasteiger charge is -2.13. The van der Waals surface area contributed by atoms with Gasteiger partial charge in [-0.2, -0.15) is 0 Å². The molecule has 2 aromatic rings. The molecular weight excluding hydrogens is 452 g/mol. The van der Waals surface area contributed by atoms with Crippen molar-refractivity contribution in [3.63, 3.8) is 0 Å². The normalized spacial score (nSPS) is 10.6. The molecule has 0 aliphatic carbocycles. The Kier molecular flexibility index (Phi) is 10.3. The minimum absolute atomic E-state index is 0.209. The van der Waals surface area contributed by atoms with E-state index in [2.05, 4.69) is 9.68 Å². The molecule has 0 radical (unpaired) electrons. The zero-order valence-corrected chi connectivity index (χ0v) is 19.5. The Morgan fingerprint density at radius 2 is 0.882 bits per heavy atom. The second-order valence-corrected chi connectivity index (χ2v) is 7.32. The molecule has 0 heterocycles.